The number of aliphatic carboxylic acids is 1. The predicted octanol–water partition coefficient (Wildman–Crippen LogP) is 6.53. The summed E-state index contributed by atoms with van der Waals surface area (Å²) in [7, 11) is -0.904. The first-order chi connectivity index (χ1) is 37.7. The number of likely N-dealkylation sites (tertiary alicyclic amines) is 1. The summed E-state index contributed by atoms with van der Waals surface area (Å²) < 4.78 is 98.9. The van der Waals surface area contributed by atoms with Crippen molar-refractivity contribution in [3.8, 4) is 28.3 Å². The molecule has 5 heterocycles. The lowest BCUT2D eigenvalue weighted by Gasteiger charge is -2.21. The zero-order valence-corrected chi connectivity index (χ0v) is 44.3. The van der Waals surface area contributed by atoms with E-state index in [1.165, 1.54) is 55.3 Å². The molecule has 1 saturated heterocycles. The average molecular weight is 1150 g/mol. The van der Waals surface area contributed by atoms with Crippen LogP contribution < -0.4 is 25.4 Å². The molecule has 2 atom stereocenters. The molecule has 2 aromatic carbocycles. The molecule has 416 valence electrons. The van der Waals surface area contributed by atoms with Gasteiger partial charge in [0, 0.05) is 83.5 Å². The van der Waals surface area contributed by atoms with Gasteiger partial charge in [-0.3, -0.25) is 38.9 Å². The van der Waals surface area contributed by atoms with E-state index in [0.29, 0.717) is 34.1 Å². The Morgan fingerprint density at radius 1 is 0.861 bits per heavy atom. The number of sulfonamides is 1. The van der Waals surface area contributed by atoms with Gasteiger partial charge in [-0.25, -0.2) is 40.6 Å². The number of methoxy groups -OCH3 is 1. The molecule has 5 N–H and O–H groups in total. The van der Waals surface area contributed by atoms with Crippen LogP contribution in [0.4, 0.5) is 28.0 Å². The summed E-state index contributed by atoms with van der Waals surface area (Å²) in [6, 6.07) is 16.4. The van der Waals surface area contributed by atoms with Crippen molar-refractivity contribution in [2.24, 2.45) is 0 Å². The smallest absolute Gasteiger partial charge is 0.480 e. The highest BCUT2D eigenvalue weighted by molar-refractivity contribution is 8.76. The molecule has 7 rings (SSSR count). The van der Waals surface area contributed by atoms with Crippen molar-refractivity contribution in [3.05, 3.63) is 126 Å². The van der Waals surface area contributed by atoms with Gasteiger partial charge in [0.25, 0.3) is 21.9 Å². The van der Waals surface area contributed by atoms with Crippen LogP contribution in [0, 0.1) is 11.6 Å². The van der Waals surface area contributed by atoms with Gasteiger partial charge >= 0.3 is 12.1 Å². The third-order valence-corrected chi connectivity index (χ3v) is 15.5. The quantitative estimate of drug-likeness (QED) is 0.0186. The number of carboxylic acid groups (broad SMARTS) is 1. The summed E-state index contributed by atoms with van der Waals surface area (Å²) in [4.78, 5) is 92.0. The lowest BCUT2D eigenvalue weighted by Crippen LogP contribution is -2.42. The van der Waals surface area contributed by atoms with Crippen LogP contribution in [0.3, 0.4) is 0 Å². The average Bonchev–Trinajstić information content (AvgIpc) is 3.74. The maximum Gasteiger partial charge on any atom is 0.508 e. The minimum Gasteiger partial charge on any atom is -0.480 e. The maximum absolute atomic E-state index is 14.3. The number of fused-ring (bicyclic) bond motifs is 1. The van der Waals surface area contributed by atoms with Crippen molar-refractivity contribution in [2.45, 2.75) is 62.2 Å². The Hall–Kier alpha value is -8.11. The Labute approximate surface area is 456 Å². The molecule has 4 aromatic heterocycles. The van der Waals surface area contributed by atoms with Gasteiger partial charge in [0.1, 0.15) is 41.5 Å². The number of rotatable bonds is 24. The largest absolute Gasteiger partial charge is 0.508 e. The summed E-state index contributed by atoms with van der Waals surface area (Å²) in [6.07, 6.45) is 2.47. The van der Waals surface area contributed by atoms with E-state index in [4.69, 9.17) is 14.2 Å². The molecule has 0 bridgehead atoms. The fraction of sp³-hybridized carbons (Fsp3) is 0.294. The second-order valence-electron chi connectivity index (χ2n) is 17.4. The van der Waals surface area contributed by atoms with Gasteiger partial charge in [-0.2, -0.15) is 0 Å². The molecule has 79 heavy (non-hydrogen) atoms. The summed E-state index contributed by atoms with van der Waals surface area (Å²) in [5.74, 6) is -8.98. The van der Waals surface area contributed by atoms with Crippen LogP contribution in [0.1, 0.15) is 47.9 Å². The van der Waals surface area contributed by atoms with Gasteiger partial charge in [-0.1, -0.05) is 33.7 Å². The van der Waals surface area contributed by atoms with Gasteiger partial charge in [0.05, 0.1) is 49.3 Å². The monoisotopic (exact) mass is 1150 g/mol. The van der Waals surface area contributed by atoms with Crippen LogP contribution in [-0.2, 0) is 51.8 Å². The van der Waals surface area contributed by atoms with Crippen LogP contribution in [0.25, 0.3) is 33.3 Å². The summed E-state index contributed by atoms with van der Waals surface area (Å²) in [5.41, 5.74) is 3.82. The molecule has 1 unspecified atom stereocenters. The van der Waals surface area contributed by atoms with Crippen LogP contribution >= 0.6 is 21.6 Å². The van der Waals surface area contributed by atoms with Crippen molar-refractivity contribution in [3.63, 3.8) is 0 Å². The van der Waals surface area contributed by atoms with Crippen LogP contribution in [0.15, 0.2) is 102 Å². The van der Waals surface area contributed by atoms with Crippen molar-refractivity contribution >= 4 is 84.0 Å². The lowest BCUT2D eigenvalue weighted by molar-refractivity contribution is -0.141. The topological polar surface area (TPSA) is 287 Å². The number of ether oxygens (including phenoxy) is 3. The zero-order valence-electron chi connectivity index (χ0n) is 41.9. The zero-order chi connectivity index (χ0) is 56.9. The standard InChI is InChI=1S/C51H49F4N9O12S3/c1-29-22-51(54,55)28-64(29)46(67)25-60-47(68)31-13-15-56-35(19-31)24-59-44(65)11-12-45(66)61-42(49(69)70)27-78-77-18-17-75-50(71)76-26-34-6-3-32(23-58-34)36-14-16-57-40-7-4-30(20-37(36)40)39-8-9-41(48(62-39)74-2)63-79(72,73)43-10-5-33(52)21-38(43)53/h3-10,13-16,19-21,23,29,42,63H,11-12,17-18,22,24-28H2,1-2H3,(H,59,65)(H,60,68)(H,61,66)(H,69,70)/t29-,42?/m1/s1. The van der Waals surface area contributed by atoms with Crippen LogP contribution in [-0.4, -0.2) is 130 Å². The van der Waals surface area contributed by atoms with E-state index in [0.717, 1.165) is 38.8 Å². The third kappa shape index (κ3) is 16.2. The Morgan fingerprint density at radius 3 is 2.35 bits per heavy atom. The summed E-state index contributed by atoms with van der Waals surface area (Å²) in [5, 5.41) is 17.7. The summed E-state index contributed by atoms with van der Waals surface area (Å²) >= 11 is 0. The number of pyridine rings is 4. The number of benzene rings is 2. The number of carboxylic acids is 1. The molecular weight excluding hydrogens is 1100 g/mol. The molecule has 0 radical (unpaired) electrons. The van der Waals surface area contributed by atoms with E-state index in [9.17, 15) is 59.9 Å². The van der Waals surface area contributed by atoms with Crippen molar-refractivity contribution in [2.75, 3.05) is 43.0 Å². The molecule has 6 aromatic rings. The van der Waals surface area contributed by atoms with Gasteiger partial charge < -0.3 is 40.2 Å². The molecule has 28 heteroatoms. The van der Waals surface area contributed by atoms with Gasteiger partial charge in [0.15, 0.2) is 0 Å². The highest BCUT2D eigenvalue weighted by Crippen LogP contribution is 2.35. The van der Waals surface area contributed by atoms with Gasteiger partial charge in [-0.05, 0) is 73.2 Å². The third-order valence-electron chi connectivity index (χ3n) is 11.7. The van der Waals surface area contributed by atoms with E-state index in [1.54, 1.807) is 42.7 Å². The first kappa shape index (κ1) is 58.6. The van der Waals surface area contributed by atoms with E-state index in [2.05, 4.69) is 40.6 Å². The SMILES string of the molecule is COc1nc(-c2ccc3nccc(-c4ccc(COC(=O)OCCSSCC(NC(=O)CCC(=O)NCc5cc(C(=O)NCC(=O)N6CC(F)(F)C[C@H]6C)ccn5)C(=O)O)nc4)c3c2)ccc1NS(=O)(=O)c1ccc(F)cc1F. The number of carbonyl (C=O) groups excluding carboxylic acids is 5. The highest BCUT2D eigenvalue weighted by atomic mass is 33.1. The number of hydrogen-bond acceptors (Lipinski definition) is 17. The van der Waals surface area contributed by atoms with Crippen molar-refractivity contribution in [1.82, 2.24) is 40.8 Å². The Kier molecular flexibility index (Phi) is 19.6. The lowest BCUT2D eigenvalue weighted by atomic mass is 9.99. The fourth-order valence-electron chi connectivity index (χ4n) is 7.83. The van der Waals surface area contributed by atoms with E-state index < -0.39 is 99.8 Å². The Morgan fingerprint density at radius 2 is 1.63 bits per heavy atom. The van der Waals surface area contributed by atoms with Crippen LogP contribution in [0.5, 0.6) is 5.88 Å². The van der Waals surface area contributed by atoms with Gasteiger partial charge in [0.2, 0.25) is 23.6 Å². The number of hydrogen-bond donors (Lipinski definition) is 5. The van der Waals surface area contributed by atoms with Crippen molar-refractivity contribution in [1.29, 1.82) is 0 Å². The number of nitrogens with zero attached hydrogens (tertiary/aromatic N) is 5. The number of aromatic nitrogens is 4. The minimum absolute atomic E-state index is 0.0571. The second-order valence-corrected chi connectivity index (χ2v) is 21.7. The molecular formula is C51H49F4N9O12S3. The Bertz CT molecular complexity index is 3370. The van der Waals surface area contributed by atoms with E-state index in [1.807, 2.05) is 6.07 Å². The molecule has 0 aliphatic carbocycles. The predicted molar refractivity (Wildman–Crippen MR) is 281 cm³/mol. The van der Waals surface area contributed by atoms with Gasteiger partial charge in [-0.15, -0.1) is 0 Å². The minimum atomic E-state index is -4.48. The first-order valence-corrected chi connectivity index (χ1v) is 27.8. The molecule has 1 fully saturated rings. The number of halogens is 4. The molecule has 21 nitrogen and oxygen atoms in total. The highest BCUT2D eigenvalue weighted by Gasteiger charge is 2.44. The molecule has 1 aliphatic heterocycles. The van der Waals surface area contributed by atoms with E-state index in [-0.39, 0.29) is 66.9 Å². The number of anilines is 1. The van der Waals surface area contributed by atoms with Crippen molar-refractivity contribution < 1.29 is 74.1 Å². The molecule has 0 spiro atoms. The number of amides is 4. The second kappa shape index (κ2) is 26.5. The number of alkyl halides is 2. The normalized spacial score (nSPS) is 14.2. The fourth-order valence-corrected chi connectivity index (χ4v) is 10.9. The maximum atomic E-state index is 14.3. The first-order valence-electron chi connectivity index (χ1n) is 23.8. The molecule has 0 saturated carbocycles. The van der Waals surface area contributed by atoms with Crippen LogP contribution in [0.2, 0.25) is 0 Å². The molecule has 4 amide bonds. The summed E-state index contributed by atoms with van der Waals surface area (Å²) in [6.45, 7) is -0.125. The number of nitrogens with one attached hydrogen (secondary N) is 4. The molecule has 1 aliphatic rings. The number of carbonyl (C=O) groups is 6. The Balaban J connectivity index is 0.794. The van der Waals surface area contributed by atoms with E-state index >= 15 is 0 Å².